The fourth-order valence-corrected chi connectivity index (χ4v) is 7.53. The summed E-state index contributed by atoms with van der Waals surface area (Å²) in [5.74, 6) is 0.0843. The molecule has 1 unspecified atom stereocenters. The molecule has 0 nitrogen and oxygen atoms in total. The van der Waals surface area contributed by atoms with Gasteiger partial charge in [0.1, 0.15) is 0 Å². The second kappa shape index (κ2) is 9.48. The molecule has 0 saturated heterocycles. The van der Waals surface area contributed by atoms with Crippen molar-refractivity contribution >= 4 is 53.1 Å². The summed E-state index contributed by atoms with van der Waals surface area (Å²) < 4.78 is 2.68. The van der Waals surface area contributed by atoms with Crippen LogP contribution >= 0.6 is 11.3 Å². The molecule has 1 aromatic heterocycles. The summed E-state index contributed by atoms with van der Waals surface area (Å²) in [4.78, 5) is 0. The molecule has 0 amide bonds. The Kier molecular flexibility index (Phi) is 5.50. The maximum Gasteiger partial charge on any atom is 0.0358 e. The average molecular weight is 527 g/mol. The predicted octanol–water partition coefficient (Wildman–Crippen LogP) is 11.2. The summed E-state index contributed by atoms with van der Waals surface area (Å²) in [7, 11) is 0. The minimum atomic E-state index is 0.0843. The summed E-state index contributed by atoms with van der Waals surface area (Å²) in [6.45, 7) is 0. The van der Waals surface area contributed by atoms with Crippen molar-refractivity contribution in [1.82, 2.24) is 0 Å². The van der Waals surface area contributed by atoms with Gasteiger partial charge in [0.2, 0.25) is 0 Å². The van der Waals surface area contributed by atoms with E-state index in [4.69, 9.17) is 0 Å². The molecular formula is C39H26S. The second-order valence-corrected chi connectivity index (χ2v) is 11.6. The fourth-order valence-electron chi connectivity index (χ4n) is 6.39. The third-order valence-electron chi connectivity index (χ3n) is 8.21. The lowest BCUT2D eigenvalue weighted by molar-refractivity contribution is 1.01. The topological polar surface area (TPSA) is 0 Å². The molecule has 0 N–H and O–H groups in total. The zero-order chi connectivity index (χ0) is 26.5. The van der Waals surface area contributed by atoms with Crippen molar-refractivity contribution in [2.45, 2.75) is 5.92 Å². The van der Waals surface area contributed by atoms with E-state index in [2.05, 4.69) is 152 Å². The van der Waals surface area contributed by atoms with E-state index < -0.39 is 0 Å². The third kappa shape index (κ3) is 3.74. The zero-order valence-electron chi connectivity index (χ0n) is 21.9. The largest absolute Gasteiger partial charge is 0.135 e. The van der Waals surface area contributed by atoms with Crippen LogP contribution in [0.25, 0.3) is 52.8 Å². The molecule has 0 spiro atoms. The van der Waals surface area contributed by atoms with E-state index in [1.165, 1.54) is 69.5 Å². The Hall–Kier alpha value is -4.72. The van der Waals surface area contributed by atoms with Gasteiger partial charge in [-0.05, 0) is 67.6 Å². The van der Waals surface area contributed by atoms with Gasteiger partial charge in [-0.3, -0.25) is 0 Å². The van der Waals surface area contributed by atoms with Crippen LogP contribution in [0.3, 0.4) is 0 Å². The Morgan fingerprint density at radius 1 is 0.400 bits per heavy atom. The summed E-state index contributed by atoms with van der Waals surface area (Å²) >= 11 is 1.89. The van der Waals surface area contributed by atoms with Crippen molar-refractivity contribution in [3.8, 4) is 11.1 Å². The van der Waals surface area contributed by atoms with Crippen LogP contribution in [0.15, 0.2) is 152 Å². The second-order valence-electron chi connectivity index (χ2n) is 10.5. The van der Waals surface area contributed by atoms with Crippen LogP contribution < -0.4 is 0 Å². The monoisotopic (exact) mass is 526 g/mol. The molecule has 40 heavy (non-hydrogen) atoms. The Labute approximate surface area is 237 Å². The van der Waals surface area contributed by atoms with Crippen molar-refractivity contribution in [3.63, 3.8) is 0 Å². The molecular weight excluding hydrogens is 500 g/mol. The molecule has 188 valence electrons. The normalized spacial score (nSPS) is 12.4. The van der Waals surface area contributed by atoms with Crippen molar-refractivity contribution in [3.05, 3.63) is 168 Å². The van der Waals surface area contributed by atoms with Gasteiger partial charge in [0, 0.05) is 26.1 Å². The highest BCUT2D eigenvalue weighted by Gasteiger charge is 2.24. The van der Waals surface area contributed by atoms with Crippen LogP contribution in [-0.4, -0.2) is 0 Å². The van der Waals surface area contributed by atoms with Crippen molar-refractivity contribution in [2.75, 3.05) is 0 Å². The molecule has 0 aliphatic heterocycles. The van der Waals surface area contributed by atoms with Gasteiger partial charge in [-0.2, -0.15) is 0 Å². The summed E-state index contributed by atoms with van der Waals surface area (Å²) in [6.07, 6.45) is 0. The Morgan fingerprint density at radius 2 is 1.02 bits per heavy atom. The van der Waals surface area contributed by atoms with Crippen LogP contribution in [0.5, 0.6) is 0 Å². The zero-order valence-corrected chi connectivity index (χ0v) is 22.7. The van der Waals surface area contributed by atoms with Gasteiger partial charge < -0.3 is 0 Å². The first-order valence-corrected chi connectivity index (χ1v) is 14.6. The first-order chi connectivity index (χ1) is 19.8. The number of thiophene rings is 1. The maximum atomic E-state index is 2.43. The molecule has 8 aromatic rings. The van der Waals surface area contributed by atoms with Gasteiger partial charge >= 0.3 is 0 Å². The molecule has 0 saturated carbocycles. The minimum Gasteiger partial charge on any atom is -0.135 e. The molecule has 0 aliphatic rings. The van der Waals surface area contributed by atoms with E-state index in [9.17, 15) is 0 Å². The molecule has 0 radical (unpaired) electrons. The average Bonchev–Trinajstić information content (AvgIpc) is 3.41. The van der Waals surface area contributed by atoms with Crippen molar-refractivity contribution < 1.29 is 0 Å². The van der Waals surface area contributed by atoms with E-state index in [1.807, 2.05) is 11.3 Å². The molecule has 8 rings (SSSR count). The van der Waals surface area contributed by atoms with Gasteiger partial charge in [0.15, 0.2) is 0 Å². The maximum absolute atomic E-state index is 2.43. The molecule has 0 aliphatic carbocycles. The fraction of sp³-hybridized carbons (Fsp3) is 0.0256. The SMILES string of the molecule is c1ccc(-c2ccc(C(c3cc4ccccc4c4ccccc34)c3cccc4sc5ccccc5c34)cc2)cc1. The third-order valence-corrected chi connectivity index (χ3v) is 9.34. The Balaban J connectivity index is 1.45. The van der Waals surface area contributed by atoms with Crippen molar-refractivity contribution in [2.24, 2.45) is 0 Å². The predicted molar refractivity (Wildman–Crippen MR) is 174 cm³/mol. The van der Waals surface area contributed by atoms with Crippen LogP contribution in [0.1, 0.15) is 22.6 Å². The summed E-state index contributed by atoms with van der Waals surface area (Å²) in [5.41, 5.74) is 6.51. The summed E-state index contributed by atoms with van der Waals surface area (Å²) in [6, 6.07) is 55.7. The van der Waals surface area contributed by atoms with Gasteiger partial charge in [0.05, 0.1) is 0 Å². The quantitative estimate of drug-likeness (QED) is 0.158. The smallest absolute Gasteiger partial charge is 0.0358 e. The molecule has 0 bridgehead atoms. The first kappa shape index (κ1) is 23.2. The minimum absolute atomic E-state index is 0.0843. The Bertz CT molecular complexity index is 2150. The van der Waals surface area contributed by atoms with Crippen LogP contribution in [0.4, 0.5) is 0 Å². The lowest BCUT2D eigenvalue weighted by Crippen LogP contribution is -2.05. The van der Waals surface area contributed by atoms with Gasteiger partial charge in [0.25, 0.3) is 0 Å². The first-order valence-electron chi connectivity index (χ1n) is 13.8. The molecule has 0 fully saturated rings. The number of fused-ring (bicyclic) bond motifs is 6. The number of hydrogen-bond donors (Lipinski definition) is 0. The lowest BCUT2D eigenvalue weighted by Gasteiger charge is -2.23. The highest BCUT2D eigenvalue weighted by atomic mass is 32.1. The highest BCUT2D eigenvalue weighted by molar-refractivity contribution is 7.25. The van der Waals surface area contributed by atoms with Crippen molar-refractivity contribution in [1.29, 1.82) is 0 Å². The summed E-state index contributed by atoms with van der Waals surface area (Å²) in [5, 5.41) is 7.92. The lowest BCUT2D eigenvalue weighted by atomic mass is 9.79. The van der Waals surface area contributed by atoms with E-state index in [-0.39, 0.29) is 5.92 Å². The van der Waals surface area contributed by atoms with E-state index in [0.29, 0.717) is 0 Å². The molecule has 1 atom stereocenters. The number of benzene rings is 7. The van der Waals surface area contributed by atoms with Crippen LogP contribution in [0, 0.1) is 0 Å². The number of rotatable bonds is 4. The van der Waals surface area contributed by atoms with Gasteiger partial charge in [-0.15, -0.1) is 11.3 Å². The molecule has 1 heteroatoms. The molecule has 1 heterocycles. The molecule has 7 aromatic carbocycles. The van der Waals surface area contributed by atoms with E-state index in [1.54, 1.807) is 0 Å². The Morgan fingerprint density at radius 3 is 1.85 bits per heavy atom. The number of hydrogen-bond acceptors (Lipinski definition) is 1. The van der Waals surface area contributed by atoms with Gasteiger partial charge in [-0.25, -0.2) is 0 Å². The van der Waals surface area contributed by atoms with Crippen LogP contribution in [-0.2, 0) is 0 Å². The van der Waals surface area contributed by atoms with E-state index >= 15 is 0 Å². The van der Waals surface area contributed by atoms with Crippen LogP contribution in [0.2, 0.25) is 0 Å². The van der Waals surface area contributed by atoms with Gasteiger partial charge in [-0.1, -0.05) is 133 Å². The highest BCUT2D eigenvalue weighted by Crippen LogP contribution is 2.45. The van der Waals surface area contributed by atoms with E-state index in [0.717, 1.165) is 0 Å². The standard InChI is InChI=1S/C39H26S/c1-2-11-26(12-3-1)27-21-23-28(24-22-27)38(34-18-10-20-37-39(34)33-17-8-9-19-36(33)40-37)35-25-29-13-4-5-14-30(29)31-15-6-7-16-32(31)35/h1-25,38H.